The Morgan fingerprint density at radius 1 is 1.83 bits per heavy atom. The maximum absolute atomic E-state index is 10.7. The van der Waals surface area contributed by atoms with E-state index in [1.807, 2.05) is 0 Å². The van der Waals surface area contributed by atoms with Crippen molar-refractivity contribution in [3.63, 3.8) is 0 Å². The maximum atomic E-state index is 10.7. The topological polar surface area (TPSA) is 73.6 Å². The lowest BCUT2D eigenvalue weighted by Crippen LogP contribution is -2.49. The van der Waals surface area contributed by atoms with Crippen molar-refractivity contribution in [1.82, 2.24) is 4.90 Å². The molecule has 0 aliphatic carbocycles. The van der Waals surface area contributed by atoms with Gasteiger partial charge in [0, 0.05) is 0 Å². The van der Waals surface area contributed by atoms with Gasteiger partial charge in [-0.2, -0.15) is 5.26 Å². The SMILES string of the molecule is BC(B)(O)N(C#N)CC(=O)OC. The minimum absolute atomic E-state index is 0.240. The van der Waals surface area contributed by atoms with Crippen molar-refractivity contribution in [3.8, 4) is 6.19 Å². The van der Waals surface area contributed by atoms with Crippen molar-refractivity contribution in [2.75, 3.05) is 13.7 Å². The van der Waals surface area contributed by atoms with Crippen LogP contribution in [0, 0.1) is 11.5 Å². The standard InChI is InChI=1S/C5H10B2N2O3/c1-12-4(10)2-9(3-8)5(6,7)11/h11H,2,6-7H2,1H3. The monoisotopic (exact) mass is 168 g/mol. The number of hydrogen-bond donors (Lipinski definition) is 1. The van der Waals surface area contributed by atoms with Gasteiger partial charge in [0.2, 0.25) is 0 Å². The van der Waals surface area contributed by atoms with Gasteiger partial charge in [-0.05, 0) is 0 Å². The number of rotatable bonds is 3. The molecule has 0 rings (SSSR count). The van der Waals surface area contributed by atoms with E-state index in [2.05, 4.69) is 4.74 Å². The van der Waals surface area contributed by atoms with Gasteiger partial charge in [-0.25, -0.2) is 0 Å². The minimum Gasteiger partial charge on any atom is -0.468 e. The summed E-state index contributed by atoms with van der Waals surface area (Å²) in [4.78, 5) is 11.6. The van der Waals surface area contributed by atoms with Crippen molar-refractivity contribution >= 4 is 21.7 Å². The molecule has 0 aromatic carbocycles. The average molecular weight is 168 g/mol. The van der Waals surface area contributed by atoms with Gasteiger partial charge in [0.1, 0.15) is 6.54 Å². The lowest BCUT2D eigenvalue weighted by molar-refractivity contribution is -0.142. The lowest BCUT2D eigenvalue weighted by Gasteiger charge is -2.28. The third-order valence-electron chi connectivity index (χ3n) is 1.30. The van der Waals surface area contributed by atoms with Crippen LogP contribution in [0.1, 0.15) is 0 Å². The third kappa shape index (κ3) is 3.30. The average Bonchev–Trinajstić information content (AvgIpc) is 1.97. The summed E-state index contributed by atoms with van der Waals surface area (Å²) in [6.45, 7) is -0.240. The minimum atomic E-state index is -1.33. The number of carbonyl (C=O) groups excluding carboxylic acids is 1. The highest BCUT2D eigenvalue weighted by molar-refractivity contribution is 6.38. The predicted molar refractivity (Wildman–Crippen MR) is 46.4 cm³/mol. The Morgan fingerprint density at radius 2 is 2.33 bits per heavy atom. The summed E-state index contributed by atoms with van der Waals surface area (Å²) in [5, 5.41) is 17.8. The van der Waals surface area contributed by atoms with Gasteiger partial charge in [-0.3, -0.25) is 9.69 Å². The molecule has 0 aliphatic rings. The third-order valence-corrected chi connectivity index (χ3v) is 1.30. The van der Waals surface area contributed by atoms with E-state index in [0.717, 1.165) is 4.90 Å². The van der Waals surface area contributed by atoms with Gasteiger partial charge in [0.25, 0.3) is 0 Å². The van der Waals surface area contributed by atoms with E-state index in [0.29, 0.717) is 0 Å². The molecule has 0 saturated heterocycles. The van der Waals surface area contributed by atoms with Crippen LogP contribution in [0.4, 0.5) is 0 Å². The Kier molecular flexibility index (Phi) is 3.64. The fraction of sp³-hybridized carbons (Fsp3) is 0.600. The van der Waals surface area contributed by atoms with Crippen LogP contribution >= 0.6 is 0 Å². The van der Waals surface area contributed by atoms with Crippen molar-refractivity contribution in [1.29, 1.82) is 5.26 Å². The summed E-state index contributed by atoms with van der Waals surface area (Å²) in [7, 11) is 4.06. The smallest absolute Gasteiger partial charge is 0.326 e. The molecule has 7 heteroatoms. The first-order valence-electron chi connectivity index (χ1n) is 3.38. The second-order valence-electron chi connectivity index (χ2n) is 2.76. The molecule has 0 aliphatic heterocycles. The van der Waals surface area contributed by atoms with Crippen LogP contribution in [-0.4, -0.2) is 50.8 Å². The molecule has 0 atom stereocenters. The van der Waals surface area contributed by atoms with Crippen molar-refractivity contribution in [3.05, 3.63) is 0 Å². The zero-order valence-corrected chi connectivity index (χ0v) is 7.37. The van der Waals surface area contributed by atoms with E-state index < -0.39 is 11.5 Å². The van der Waals surface area contributed by atoms with Gasteiger partial charge in [0.15, 0.2) is 21.9 Å². The molecule has 0 aromatic rings. The highest BCUT2D eigenvalue weighted by Gasteiger charge is 2.24. The van der Waals surface area contributed by atoms with Gasteiger partial charge in [-0.15, -0.1) is 0 Å². The van der Waals surface area contributed by atoms with Crippen LogP contribution in [0.2, 0.25) is 0 Å². The molecule has 0 unspecified atom stereocenters. The number of nitrogens with zero attached hydrogens (tertiary/aromatic N) is 2. The summed E-state index contributed by atoms with van der Waals surface area (Å²) in [5.74, 6) is -0.557. The van der Waals surface area contributed by atoms with Crippen LogP contribution in [0.25, 0.3) is 0 Å². The van der Waals surface area contributed by atoms with Gasteiger partial charge in [0.05, 0.1) is 12.6 Å². The van der Waals surface area contributed by atoms with Gasteiger partial charge in [-0.1, -0.05) is 0 Å². The van der Waals surface area contributed by atoms with E-state index >= 15 is 0 Å². The summed E-state index contributed by atoms with van der Waals surface area (Å²) in [5.41, 5.74) is -1.33. The molecular formula is C5H10B2N2O3. The molecule has 0 heterocycles. The lowest BCUT2D eigenvalue weighted by atomic mass is 9.72. The van der Waals surface area contributed by atoms with Crippen LogP contribution < -0.4 is 0 Å². The largest absolute Gasteiger partial charge is 0.468 e. The molecule has 5 nitrogen and oxygen atoms in total. The normalized spacial score (nSPS) is 10.1. The highest BCUT2D eigenvalue weighted by atomic mass is 16.5. The summed E-state index contributed by atoms with van der Waals surface area (Å²) >= 11 is 0. The Hall–Kier alpha value is -1.15. The highest BCUT2D eigenvalue weighted by Crippen LogP contribution is 2.00. The zero-order valence-electron chi connectivity index (χ0n) is 7.37. The van der Waals surface area contributed by atoms with Crippen LogP contribution in [0.15, 0.2) is 0 Å². The molecule has 0 radical (unpaired) electrons. The molecular weight excluding hydrogens is 158 g/mol. The number of hydrogen-bond acceptors (Lipinski definition) is 5. The molecule has 64 valence electrons. The van der Waals surface area contributed by atoms with Gasteiger partial charge < -0.3 is 9.84 Å². The molecule has 0 amide bonds. The summed E-state index contributed by atoms with van der Waals surface area (Å²) < 4.78 is 4.33. The first kappa shape index (κ1) is 10.8. The first-order chi connectivity index (χ1) is 5.41. The van der Waals surface area contributed by atoms with Crippen LogP contribution in [-0.2, 0) is 9.53 Å². The fourth-order valence-corrected chi connectivity index (χ4v) is 0.545. The molecule has 0 bridgehead atoms. The second-order valence-corrected chi connectivity index (χ2v) is 2.76. The maximum Gasteiger partial charge on any atom is 0.326 e. The number of aliphatic hydroxyl groups is 1. The molecule has 12 heavy (non-hydrogen) atoms. The van der Waals surface area contributed by atoms with Crippen molar-refractivity contribution < 1.29 is 14.6 Å². The Bertz CT molecular complexity index is 208. The zero-order chi connectivity index (χ0) is 9.78. The van der Waals surface area contributed by atoms with E-state index in [-0.39, 0.29) is 6.54 Å². The van der Waals surface area contributed by atoms with E-state index in [1.54, 1.807) is 6.19 Å². The molecule has 1 N–H and O–H groups in total. The molecule has 0 saturated carbocycles. The predicted octanol–water partition coefficient (Wildman–Crippen LogP) is -3.19. The molecule has 0 spiro atoms. The van der Waals surface area contributed by atoms with E-state index in [9.17, 15) is 9.90 Å². The second kappa shape index (κ2) is 4.02. The van der Waals surface area contributed by atoms with Gasteiger partial charge >= 0.3 is 5.97 Å². The number of esters is 1. The van der Waals surface area contributed by atoms with E-state index in [4.69, 9.17) is 5.26 Å². The van der Waals surface area contributed by atoms with Crippen molar-refractivity contribution in [2.24, 2.45) is 0 Å². The quantitative estimate of drug-likeness (QED) is 0.158. The fourth-order valence-electron chi connectivity index (χ4n) is 0.545. The Labute approximate surface area is 72.7 Å². The number of nitriles is 1. The Balaban J connectivity index is 4.22. The molecule has 0 aromatic heterocycles. The summed E-state index contributed by atoms with van der Waals surface area (Å²) in [6.07, 6.45) is 1.69. The Morgan fingerprint density at radius 3 is 2.58 bits per heavy atom. The number of carbonyl (C=O) groups is 1. The van der Waals surface area contributed by atoms with Crippen LogP contribution in [0.3, 0.4) is 0 Å². The van der Waals surface area contributed by atoms with Crippen molar-refractivity contribution in [2.45, 2.75) is 5.52 Å². The van der Waals surface area contributed by atoms with E-state index in [1.165, 1.54) is 22.8 Å². The molecule has 0 fully saturated rings. The number of methoxy groups -OCH3 is 1. The number of ether oxygens (including phenoxy) is 1. The first-order valence-corrected chi connectivity index (χ1v) is 3.38. The summed E-state index contributed by atoms with van der Waals surface area (Å²) in [6, 6.07) is 0. The van der Waals surface area contributed by atoms with Crippen LogP contribution in [0.5, 0.6) is 0 Å².